The maximum Gasteiger partial charge on any atom is 0.0563 e. The zero-order valence-corrected chi connectivity index (χ0v) is 6.04. The van der Waals surface area contributed by atoms with Gasteiger partial charge >= 0.3 is 0 Å². The van der Waals surface area contributed by atoms with E-state index in [0.717, 1.165) is 0 Å². The van der Waals surface area contributed by atoms with Crippen molar-refractivity contribution in [2.24, 2.45) is 0 Å². The first-order chi connectivity index (χ1) is 2.00. The minimum atomic E-state index is -0.500. The van der Waals surface area contributed by atoms with Gasteiger partial charge in [0, 0.05) is 19.5 Å². The summed E-state index contributed by atoms with van der Waals surface area (Å²) < 4.78 is 0. The van der Waals surface area contributed by atoms with E-state index in [9.17, 15) is 0 Å². The van der Waals surface area contributed by atoms with Gasteiger partial charge in [-0.15, -0.1) is 0 Å². The number of hydrogen-bond donors (Lipinski definition) is 1. The van der Waals surface area contributed by atoms with Crippen LogP contribution in [-0.2, 0) is 19.5 Å². The van der Waals surface area contributed by atoms with Crippen molar-refractivity contribution >= 4 is 0 Å². The van der Waals surface area contributed by atoms with Gasteiger partial charge in [-0.2, -0.15) is 0 Å². The first-order valence-electron chi connectivity index (χ1n) is 1.72. The van der Waals surface area contributed by atoms with Crippen molar-refractivity contribution in [1.29, 1.82) is 0 Å². The monoisotopic (exact) mass is 176 g/mol. The van der Waals surface area contributed by atoms with Crippen LogP contribution in [0.3, 0.4) is 0 Å². The average Bonchev–Trinajstić information content (AvgIpc) is 0.722. The molecule has 0 aromatic heterocycles. The molecule has 0 rings (SSSR count). The summed E-state index contributed by atoms with van der Waals surface area (Å²) in [6.45, 7) is 5.23. The molecule has 6 heavy (non-hydrogen) atoms. The fraction of sp³-hybridized carbons (Fsp3) is 1.00. The minimum Gasteiger partial charge on any atom is -0.391 e. The predicted molar refractivity (Wildman–Crippen MR) is 22.0 cm³/mol. The standard InChI is InChI=1S/C4H10O.Ru/c1-4(2,3)5;/h5H,1-3H3;. The number of hydrogen-bond acceptors (Lipinski definition) is 1. The minimum absolute atomic E-state index is 0. The van der Waals surface area contributed by atoms with Crippen molar-refractivity contribution in [3.05, 3.63) is 0 Å². The molecule has 0 aliphatic rings. The Balaban J connectivity index is 0. The summed E-state index contributed by atoms with van der Waals surface area (Å²) in [7, 11) is 0. The molecule has 0 aliphatic heterocycles. The van der Waals surface area contributed by atoms with Gasteiger partial charge < -0.3 is 5.11 Å². The van der Waals surface area contributed by atoms with E-state index >= 15 is 0 Å². The summed E-state index contributed by atoms with van der Waals surface area (Å²) in [6, 6.07) is 0. The maximum absolute atomic E-state index is 8.52. The Morgan fingerprint density at radius 1 is 1.17 bits per heavy atom. The van der Waals surface area contributed by atoms with Crippen molar-refractivity contribution in [3.63, 3.8) is 0 Å². The van der Waals surface area contributed by atoms with Gasteiger partial charge in [-0.05, 0) is 20.8 Å². The van der Waals surface area contributed by atoms with Gasteiger partial charge in [0.2, 0.25) is 0 Å². The summed E-state index contributed by atoms with van der Waals surface area (Å²) in [5.74, 6) is 0. The van der Waals surface area contributed by atoms with E-state index in [4.69, 9.17) is 5.11 Å². The van der Waals surface area contributed by atoms with E-state index in [0.29, 0.717) is 0 Å². The van der Waals surface area contributed by atoms with E-state index in [-0.39, 0.29) is 19.5 Å². The third-order valence-corrected chi connectivity index (χ3v) is 0. The van der Waals surface area contributed by atoms with Gasteiger partial charge in [-0.1, -0.05) is 0 Å². The molecule has 0 heterocycles. The Labute approximate surface area is 51.5 Å². The topological polar surface area (TPSA) is 20.2 Å². The van der Waals surface area contributed by atoms with Crippen LogP contribution in [0, 0.1) is 0 Å². The molecule has 0 aromatic rings. The molecule has 0 bridgehead atoms. The van der Waals surface area contributed by atoms with Crippen LogP contribution in [0.1, 0.15) is 20.8 Å². The molecule has 0 aliphatic carbocycles. The zero-order valence-electron chi connectivity index (χ0n) is 4.30. The molecule has 0 spiro atoms. The van der Waals surface area contributed by atoms with Gasteiger partial charge in [-0.25, -0.2) is 0 Å². The normalized spacial score (nSPS) is 10.0. The van der Waals surface area contributed by atoms with Crippen LogP contribution in [0.4, 0.5) is 0 Å². The molecule has 1 N–H and O–H groups in total. The van der Waals surface area contributed by atoms with Gasteiger partial charge in [0.25, 0.3) is 0 Å². The van der Waals surface area contributed by atoms with Crippen molar-refractivity contribution < 1.29 is 24.6 Å². The van der Waals surface area contributed by atoms with Crippen LogP contribution in [0.5, 0.6) is 0 Å². The molecule has 0 radical (unpaired) electrons. The fourth-order valence-corrected chi connectivity index (χ4v) is 0. The van der Waals surface area contributed by atoms with E-state index in [1.165, 1.54) is 0 Å². The second-order valence-corrected chi connectivity index (χ2v) is 2.17. The molecule has 2 heteroatoms. The van der Waals surface area contributed by atoms with Crippen LogP contribution in [-0.4, -0.2) is 10.7 Å². The van der Waals surface area contributed by atoms with E-state index in [2.05, 4.69) is 0 Å². The van der Waals surface area contributed by atoms with Crippen molar-refractivity contribution in [1.82, 2.24) is 0 Å². The largest absolute Gasteiger partial charge is 0.391 e. The molecule has 0 unspecified atom stereocenters. The van der Waals surface area contributed by atoms with Gasteiger partial charge in [-0.3, -0.25) is 0 Å². The first kappa shape index (κ1) is 9.77. The Morgan fingerprint density at radius 3 is 1.17 bits per heavy atom. The van der Waals surface area contributed by atoms with Crippen LogP contribution in [0.2, 0.25) is 0 Å². The van der Waals surface area contributed by atoms with Crippen LogP contribution < -0.4 is 0 Å². The van der Waals surface area contributed by atoms with E-state index in [1.807, 2.05) is 0 Å². The van der Waals surface area contributed by atoms with Crippen molar-refractivity contribution in [2.45, 2.75) is 26.4 Å². The summed E-state index contributed by atoms with van der Waals surface area (Å²) in [5, 5.41) is 8.52. The summed E-state index contributed by atoms with van der Waals surface area (Å²) in [6.07, 6.45) is 0. The Bertz CT molecular complexity index is 23.0. The molecule has 40 valence electrons. The second-order valence-electron chi connectivity index (χ2n) is 2.17. The second kappa shape index (κ2) is 2.71. The number of aliphatic hydroxyl groups is 1. The number of rotatable bonds is 0. The Morgan fingerprint density at radius 2 is 1.17 bits per heavy atom. The average molecular weight is 175 g/mol. The van der Waals surface area contributed by atoms with Gasteiger partial charge in [0.15, 0.2) is 0 Å². The molecule has 1 nitrogen and oxygen atoms in total. The SMILES string of the molecule is CC(C)(C)O.[Ru]. The molecule has 0 aromatic carbocycles. The summed E-state index contributed by atoms with van der Waals surface area (Å²) >= 11 is 0. The van der Waals surface area contributed by atoms with Crippen molar-refractivity contribution in [3.8, 4) is 0 Å². The smallest absolute Gasteiger partial charge is 0.0563 e. The Hall–Kier alpha value is 0.583. The molecule has 0 amide bonds. The predicted octanol–water partition coefficient (Wildman–Crippen LogP) is 0.775. The maximum atomic E-state index is 8.52. The van der Waals surface area contributed by atoms with Gasteiger partial charge in [0.1, 0.15) is 0 Å². The quantitative estimate of drug-likeness (QED) is 0.539. The fourth-order valence-electron chi connectivity index (χ4n) is 0. The van der Waals surface area contributed by atoms with Crippen molar-refractivity contribution in [2.75, 3.05) is 0 Å². The van der Waals surface area contributed by atoms with Crippen LogP contribution >= 0.6 is 0 Å². The molecule has 0 saturated heterocycles. The summed E-state index contributed by atoms with van der Waals surface area (Å²) in [4.78, 5) is 0. The first-order valence-corrected chi connectivity index (χ1v) is 1.72. The molecule has 0 atom stereocenters. The van der Waals surface area contributed by atoms with E-state index < -0.39 is 5.60 Å². The molecular weight excluding hydrogens is 165 g/mol. The third kappa shape index (κ3) is 173. The zero-order chi connectivity index (χ0) is 4.50. The van der Waals surface area contributed by atoms with Gasteiger partial charge in [0.05, 0.1) is 5.60 Å². The molecule has 0 saturated carbocycles. The summed E-state index contributed by atoms with van der Waals surface area (Å²) in [5.41, 5.74) is -0.500. The molecule has 0 fully saturated rings. The van der Waals surface area contributed by atoms with Crippen LogP contribution in [0.25, 0.3) is 0 Å². The molecular formula is C4H10ORu. The van der Waals surface area contributed by atoms with Crippen LogP contribution in [0.15, 0.2) is 0 Å². The Kier molecular flexibility index (Phi) is 4.41. The van der Waals surface area contributed by atoms with E-state index in [1.54, 1.807) is 20.8 Å². The third-order valence-electron chi connectivity index (χ3n) is 0.